The molecule has 0 spiro atoms. The zero-order chi connectivity index (χ0) is 29.6. The lowest BCUT2D eigenvalue weighted by Gasteiger charge is -2.43. The van der Waals surface area contributed by atoms with Crippen molar-refractivity contribution in [3.05, 3.63) is 78.6 Å². The maximum atomic E-state index is 12.5. The summed E-state index contributed by atoms with van der Waals surface area (Å²) < 4.78 is 17.2. The summed E-state index contributed by atoms with van der Waals surface area (Å²) in [5, 5.41) is 8.83. The highest BCUT2D eigenvalue weighted by molar-refractivity contribution is 5.84. The lowest BCUT2D eigenvalue weighted by atomic mass is 9.72. The Kier molecular flexibility index (Phi) is 9.05. The van der Waals surface area contributed by atoms with Crippen LogP contribution in [0.3, 0.4) is 0 Å². The number of fused-ring (bicyclic) bond motifs is 5. The van der Waals surface area contributed by atoms with E-state index in [1.165, 1.54) is 0 Å². The van der Waals surface area contributed by atoms with Crippen LogP contribution in [0.4, 0.5) is 20.8 Å². The molecule has 4 N–H and O–H groups in total. The van der Waals surface area contributed by atoms with Crippen molar-refractivity contribution in [2.24, 2.45) is 5.90 Å². The molecule has 10 heteroatoms. The summed E-state index contributed by atoms with van der Waals surface area (Å²) in [5.74, 6) is 5.34. The molecule has 3 heterocycles. The van der Waals surface area contributed by atoms with Gasteiger partial charge in [-0.25, -0.2) is 14.8 Å². The number of pyridine rings is 1. The zero-order valence-corrected chi connectivity index (χ0v) is 24.1. The Morgan fingerprint density at radius 3 is 2.39 bits per heavy atom. The number of hydrogen-bond acceptors (Lipinski definition) is 7. The Morgan fingerprint density at radius 1 is 1.07 bits per heavy atom. The van der Waals surface area contributed by atoms with Crippen molar-refractivity contribution >= 4 is 17.6 Å². The molecule has 1 aliphatic carbocycles. The second-order valence-corrected chi connectivity index (χ2v) is 10.6. The van der Waals surface area contributed by atoms with E-state index in [1.807, 2.05) is 65.0 Å². The summed E-state index contributed by atoms with van der Waals surface area (Å²) in [6.45, 7) is 9.64. The molecule has 1 saturated carbocycles. The van der Waals surface area contributed by atoms with Gasteiger partial charge in [0.2, 0.25) is 0 Å². The molecule has 0 unspecified atom stereocenters. The number of halogens is 1. The number of anilines is 2. The quantitative estimate of drug-likeness (QED) is 0.198. The molecule has 4 aromatic rings. The first-order valence-electron chi connectivity index (χ1n) is 13.7. The molecule has 216 valence electrons. The molecule has 0 radical (unpaired) electrons. The highest BCUT2D eigenvalue weighted by Gasteiger charge is 2.41. The van der Waals surface area contributed by atoms with Crippen molar-refractivity contribution in [3.63, 3.8) is 0 Å². The van der Waals surface area contributed by atoms with Crippen LogP contribution < -0.4 is 16.5 Å². The highest BCUT2D eigenvalue weighted by atomic mass is 19.3. The molecule has 1 amide bonds. The fourth-order valence-corrected chi connectivity index (χ4v) is 4.97. The number of nitrogens with zero attached hydrogens (tertiary/aromatic N) is 3. The van der Waals surface area contributed by atoms with Crippen LogP contribution in [0, 0.1) is 0 Å². The highest BCUT2D eigenvalue weighted by Crippen LogP contribution is 2.43. The number of benzene rings is 2. The van der Waals surface area contributed by atoms with E-state index < -0.39 is 5.60 Å². The second-order valence-electron chi connectivity index (χ2n) is 10.6. The van der Waals surface area contributed by atoms with Gasteiger partial charge in [0.15, 0.2) is 5.82 Å². The summed E-state index contributed by atoms with van der Waals surface area (Å²) in [6, 6.07) is 20.5. The summed E-state index contributed by atoms with van der Waals surface area (Å²) >= 11 is 0. The van der Waals surface area contributed by atoms with Crippen molar-refractivity contribution in [1.82, 2.24) is 19.9 Å². The number of carbonyl (C=O) groups excluding carboxylic acids is 1. The van der Waals surface area contributed by atoms with Gasteiger partial charge in [-0.15, -0.1) is 5.04 Å². The van der Waals surface area contributed by atoms with Gasteiger partial charge < -0.3 is 15.4 Å². The van der Waals surface area contributed by atoms with E-state index in [0.717, 1.165) is 64.7 Å². The number of nitrogens with two attached hydrogens (primary N) is 1. The minimum Gasteiger partial charge on any atom is -0.444 e. The number of alkyl carbamates (subject to hydrolysis) is 1. The molecule has 1 aliphatic heterocycles. The molecule has 2 aliphatic rings. The lowest BCUT2D eigenvalue weighted by molar-refractivity contribution is -0.136. The fraction of sp³-hybridized carbons (Fsp3) is 0.323. The Hall–Kier alpha value is -4.28. The van der Waals surface area contributed by atoms with Crippen LogP contribution in [0.25, 0.3) is 28.3 Å². The molecular formula is C31H37FN6O3. The summed E-state index contributed by atoms with van der Waals surface area (Å²) in [7, 11) is 0. The smallest absolute Gasteiger partial charge is 0.408 e. The molecule has 0 bridgehead atoms. The van der Waals surface area contributed by atoms with Gasteiger partial charge in [-0.2, -0.15) is 5.90 Å². The molecule has 0 atom stereocenters. The topological polar surface area (TPSA) is 116 Å². The van der Waals surface area contributed by atoms with Crippen molar-refractivity contribution < 1.29 is 19.1 Å². The lowest BCUT2D eigenvalue weighted by Crippen LogP contribution is -2.52. The predicted molar refractivity (Wildman–Crippen MR) is 158 cm³/mol. The first kappa shape index (κ1) is 29.7. The number of hydrogen-bond donors (Lipinski definition) is 3. The Labute approximate surface area is 239 Å². The molecular weight excluding hydrogens is 523 g/mol. The van der Waals surface area contributed by atoms with Gasteiger partial charge in [0.25, 0.3) is 0 Å². The monoisotopic (exact) mass is 560 g/mol. The van der Waals surface area contributed by atoms with E-state index in [2.05, 4.69) is 67.7 Å². The number of aromatic nitrogens is 3. The van der Waals surface area contributed by atoms with E-state index in [-0.39, 0.29) is 11.6 Å². The van der Waals surface area contributed by atoms with Crippen molar-refractivity contribution in [2.75, 3.05) is 5.32 Å². The Balaban J connectivity index is 0.000000728. The summed E-state index contributed by atoms with van der Waals surface area (Å²) in [5.41, 5.74) is 5.04. The number of carbonyl (C=O) groups is 1. The van der Waals surface area contributed by atoms with Gasteiger partial charge >= 0.3 is 6.09 Å². The van der Waals surface area contributed by atoms with Crippen LogP contribution in [0.2, 0.25) is 0 Å². The van der Waals surface area contributed by atoms with Gasteiger partial charge in [-0.1, -0.05) is 50.2 Å². The van der Waals surface area contributed by atoms with Gasteiger partial charge in [0.1, 0.15) is 11.4 Å². The van der Waals surface area contributed by atoms with Crippen LogP contribution in [0.15, 0.2) is 73.1 Å². The SMILES string of the molecule is CC.CC(C)(C)OC(=O)NC1(c2ccc(-c3cn4c(n3)-c3ccccc3Nc3ncccc3-4)cc2)CCC1.NOF. The van der Waals surface area contributed by atoms with Crippen LogP contribution in [-0.4, -0.2) is 26.2 Å². The average Bonchev–Trinajstić information content (AvgIpc) is 3.32. The van der Waals surface area contributed by atoms with Crippen LogP contribution in [-0.2, 0) is 15.3 Å². The van der Waals surface area contributed by atoms with Crippen LogP contribution in [0.1, 0.15) is 59.4 Å². The molecule has 1 fully saturated rings. The number of nitrogens with one attached hydrogen (secondary N) is 2. The van der Waals surface area contributed by atoms with E-state index in [1.54, 1.807) is 6.20 Å². The van der Waals surface area contributed by atoms with Crippen LogP contribution >= 0.6 is 0 Å². The number of rotatable bonds is 3. The third-order valence-corrected chi connectivity index (χ3v) is 6.85. The third kappa shape index (κ3) is 6.39. The molecule has 6 rings (SSSR count). The van der Waals surface area contributed by atoms with E-state index in [0.29, 0.717) is 0 Å². The van der Waals surface area contributed by atoms with Gasteiger partial charge in [-0.05, 0) is 74.4 Å². The number of amides is 1. The second kappa shape index (κ2) is 12.5. The van der Waals surface area contributed by atoms with Gasteiger partial charge in [-0.3, -0.25) is 4.57 Å². The van der Waals surface area contributed by atoms with E-state index in [9.17, 15) is 9.32 Å². The van der Waals surface area contributed by atoms with Gasteiger partial charge in [0.05, 0.1) is 22.6 Å². The standard InChI is InChI=1S/C29H29N5O2.C2H6.FH2NO/c1-28(2,3)36-27(35)33-29(15-7-16-29)20-13-11-19(12-14-20)23-18-34-24-10-6-17-30-25(24)31-22-9-5-4-8-21(22)26(34)32-23;1-2;1-3-2/h4-6,8-14,17-18H,7,15-16H2,1-3H3,(H,30,31)(H,33,35);1-2H3;2H2. The van der Waals surface area contributed by atoms with Crippen LogP contribution in [0.5, 0.6) is 0 Å². The van der Waals surface area contributed by atoms with Crippen molar-refractivity contribution in [2.45, 2.75) is 65.0 Å². The molecule has 2 aromatic carbocycles. The van der Waals surface area contributed by atoms with Crippen molar-refractivity contribution in [1.29, 1.82) is 0 Å². The maximum Gasteiger partial charge on any atom is 0.408 e. The fourth-order valence-electron chi connectivity index (χ4n) is 4.97. The third-order valence-electron chi connectivity index (χ3n) is 6.85. The number of imidazole rings is 1. The molecule has 41 heavy (non-hydrogen) atoms. The zero-order valence-electron chi connectivity index (χ0n) is 24.1. The largest absolute Gasteiger partial charge is 0.444 e. The molecule has 2 aromatic heterocycles. The number of ether oxygens (including phenoxy) is 1. The average molecular weight is 561 g/mol. The van der Waals surface area contributed by atoms with E-state index in [4.69, 9.17) is 9.72 Å². The molecule has 9 nitrogen and oxygen atoms in total. The minimum atomic E-state index is -0.528. The Bertz CT molecular complexity index is 1410. The Morgan fingerprint density at radius 2 is 1.76 bits per heavy atom. The van der Waals surface area contributed by atoms with E-state index >= 15 is 0 Å². The predicted octanol–water partition coefficient (Wildman–Crippen LogP) is 7.35. The first-order valence-corrected chi connectivity index (χ1v) is 13.7. The van der Waals surface area contributed by atoms with Gasteiger partial charge in [0, 0.05) is 23.5 Å². The number of para-hydroxylation sites is 1. The maximum absolute atomic E-state index is 12.5. The normalized spacial score (nSPS) is 14.0. The molecule has 0 saturated heterocycles. The summed E-state index contributed by atoms with van der Waals surface area (Å²) in [4.78, 5) is 22.1. The minimum absolute atomic E-state index is 0.372. The van der Waals surface area contributed by atoms with Crippen molar-refractivity contribution in [3.8, 4) is 28.3 Å². The summed E-state index contributed by atoms with van der Waals surface area (Å²) in [6.07, 6.45) is 6.36. The first-order chi connectivity index (χ1) is 19.7.